The Morgan fingerprint density at radius 1 is 1.42 bits per heavy atom. The van der Waals surface area contributed by atoms with Crippen LogP contribution in [-0.2, 0) is 12.0 Å². The van der Waals surface area contributed by atoms with Gasteiger partial charge in [-0.1, -0.05) is 32.5 Å². The van der Waals surface area contributed by atoms with Crippen molar-refractivity contribution in [1.29, 1.82) is 10.7 Å². The molecule has 0 unspecified atom stereocenters. The van der Waals surface area contributed by atoms with E-state index < -0.39 is 11.2 Å². The van der Waals surface area contributed by atoms with Gasteiger partial charge in [-0.15, -0.1) is 0 Å². The van der Waals surface area contributed by atoms with Gasteiger partial charge in [0.15, 0.2) is 5.16 Å². The molecule has 2 aromatic rings. The summed E-state index contributed by atoms with van der Waals surface area (Å²) in [7, 11) is 0. The summed E-state index contributed by atoms with van der Waals surface area (Å²) in [4.78, 5) is 8.77. The van der Waals surface area contributed by atoms with E-state index in [2.05, 4.69) is 9.97 Å². The highest BCUT2D eigenvalue weighted by atomic mass is 32.2. The van der Waals surface area contributed by atoms with E-state index >= 15 is 0 Å². The lowest BCUT2D eigenvalue weighted by Crippen LogP contribution is -2.29. The normalized spacial score (nSPS) is 14.1. The van der Waals surface area contributed by atoms with E-state index in [4.69, 9.17) is 5.41 Å². The number of nitriles is 1. The van der Waals surface area contributed by atoms with Gasteiger partial charge in [-0.2, -0.15) is 5.26 Å². The number of fused-ring (bicyclic) bond motifs is 1. The van der Waals surface area contributed by atoms with Crippen LogP contribution in [0.2, 0.25) is 0 Å². The van der Waals surface area contributed by atoms with Crippen molar-refractivity contribution in [2.75, 3.05) is 5.75 Å². The van der Waals surface area contributed by atoms with Crippen LogP contribution in [0.1, 0.15) is 38.4 Å². The predicted octanol–water partition coefficient (Wildman–Crippen LogP) is 3.23. The van der Waals surface area contributed by atoms with Gasteiger partial charge < -0.3 is 4.57 Å². The van der Waals surface area contributed by atoms with Crippen LogP contribution in [0.15, 0.2) is 17.4 Å². The van der Waals surface area contributed by atoms with Crippen LogP contribution in [-0.4, -0.2) is 20.3 Å². The molecular weight excluding hydrogens is 325 g/mol. The molecule has 0 bridgehead atoms. The smallest absolute Gasteiger partial charge is 0.170 e. The molecule has 2 aromatic heterocycles. The molecule has 7 heteroatoms. The molecule has 1 N–H and O–H groups in total. The van der Waals surface area contributed by atoms with Crippen LogP contribution in [0.5, 0.6) is 0 Å². The van der Waals surface area contributed by atoms with E-state index in [-0.39, 0.29) is 11.1 Å². The molecule has 0 saturated carbocycles. The van der Waals surface area contributed by atoms with Gasteiger partial charge in [-0.25, -0.2) is 9.37 Å². The average molecular weight is 343 g/mol. The maximum absolute atomic E-state index is 14.5. The minimum Gasteiger partial charge on any atom is -0.305 e. The zero-order valence-corrected chi connectivity index (χ0v) is 14.7. The Morgan fingerprint density at radius 3 is 2.79 bits per heavy atom. The van der Waals surface area contributed by atoms with E-state index in [0.717, 1.165) is 12.2 Å². The van der Waals surface area contributed by atoms with Crippen molar-refractivity contribution in [3.63, 3.8) is 0 Å². The molecule has 0 radical (unpaired) electrons. The summed E-state index contributed by atoms with van der Waals surface area (Å²) in [5, 5.41) is 18.4. The zero-order valence-electron chi connectivity index (χ0n) is 13.9. The van der Waals surface area contributed by atoms with E-state index in [0.29, 0.717) is 28.7 Å². The highest BCUT2D eigenvalue weighted by molar-refractivity contribution is 7.99. The van der Waals surface area contributed by atoms with Crippen molar-refractivity contribution in [2.45, 2.75) is 44.3 Å². The lowest BCUT2D eigenvalue weighted by molar-refractivity contribution is 0.503. The van der Waals surface area contributed by atoms with Crippen LogP contribution < -0.4 is 5.49 Å². The minimum absolute atomic E-state index is 0.130. The van der Waals surface area contributed by atoms with Crippen molar-refractivity contribution >= 4 is 11.8 Å². The molecule has 0 aliphatic carbocycles. The van der Waals surface area contributed by atoms with Gasteiger partial charge in [0.2, 0.25) is 0 Å². The Bertz CT molecular complexity index is 905. The first-order valence-electron chi connectivity index (χ1n) is 7.71. The van der Waals surface area contributed by atoms with Crippen LogP contribution in [0.25, 0.3) is 11.3 Å². The molecule has 3 heterocycles. The molecule has 5 nitrogen and oxygen atoms in total. The molecule has 24 heavy (non-hydrogen) atoms. The Hall–Kier alpha value is -2.20. The predicted molar refractivity (Wildman–Crippen MR) is 90.0 cm³/mol. The molecule has 0 aromatic carbocycles. The summed E-state index contributed by atoms with van der Waals surface area (Å²) in [5.41, 5.74) is 1.01. The Labute approximate surface area is 144 Å². The maximum Gasteiger partial charge on any atom is 0.170 e. The quantitative estimate of drug-likeness (QED) is 0.806. The maximum atomic E-state index is 14.5. The molecule has 124 valence electrons. The minimum atomic E-state index is -0.421. The number of hydrogen-bond donors (Lipinski definition) is 1. The standard InChI is InChI=1S/C17H18FN5S/c1-17(2,3)14-12(18)7-10(9-21-14)13-11(8-19)15(20)23-5-4-6-24-16(23)22-13/h7,9,20H,4-6H2,1-3H3. The van der Waals surface area contributed by atoms with Gasteiger partial charge in [-0.3, -0.25) is 10.4 Å². The van der Waals surface area contributed by atoms with Crippen molar-refractivity contribution in [2.24, 2.45) is 0 Å². The fourth-order valence-corrected chi connectivity index (χ4v) is 3.64. The summed E-state index contributed by atoms with van der Waals surface area (Å²) in [6, 6.07) is 3.41. The van der Waals surface area contributed by atoms with E-state index in [1.165, 1.54) is 12.3 Å². The van der Waals surface area contributed by atoms with Crippen LogP contribution in [0.4, 0.5) is 4.39 Å². The molecule has 3 rings (SSSR count). The second-order valence-corrected chi connectivity index (χ2v) is 7.80. The second-order valence-electron chi connectivity index (χ2n) is 6.74. The fraction of sp³-hybridized carbons (Fsp3) is 0.412. The number of halogens is 1. The number of pyridine rings is 1. The number of hydrogen-bond acceptors (Lipinski definition) is 5. The number of nitrogens with zero attached hydrogens (tertiary/aromatic N) is 4. The SMILES string of the molecule is CC(C)(C)c1ncc(-c2nc3n(c(=N)c2C#N)CCCS3)cc1F. The van der Waals surface area contributed by atoms with Crippen LogP contribution >= 0.6 is 11.8 Å². The van der Waals surface area contributed by atoms with Gasteiger partial charge in [0.05, 0.1) is 11.4 Å². The molecule has 0 saturated heterocycles. The number of aromatic nitrogens is 3. The Balaban J connectivity index is 2.20. The van der Waals surface area contributed by atoms with Gasteiger partial charge >= 0.3 is 0 Å². The van der Waals surface area contributed by atoms with Crippen molar-refractivity contribution in [3.8, 4) is 17.3 Å². The first-order chi connectivity index (χ1) is 11.3. The van der Waals surface area contributed by atoms with Gasteiger partial charge in [0, 0.05) is 29.5 Å². The van der Waals surface area contributed by atoms with E-state index in [9.17, 15) is 9.65 Å². The van der Waals surface area contributed by atoms with E-state index in [1.54, 1.807) is 16.3 Å². The molecule has 0 fully saturated rings. The average Bonchev–Trinajstić information content (AvgIpc) is 2.53. The summed E-state index contributed by atoms with van der Waals surface area (Å²) in [6.07, 6.45) is 2.48. The zero-order chi connectivity index (χ0) is 17.5. The lowest BCUT2D eigenvalue weighted by atomic mass is 9.90. The first-order valence-corrected chi connectivity index (χ1v) is 8.70. The van der Waals surface area contributed by atoms with Gasteiger partial charge in [0.1, 0.15) is 22.9 Å². The highest BCUT2D eigenvalue weighted by Gasteiger charge is 2.23. The first kappa shape index (κ1) is 16.7. The van der Waals surface area contributed by atoms with Crippen LogP contribution in [0.3, 0.4) is 0 Å². The largest absolute Gasteiger partial charge is 0.305 e. The monoisotopic (exact) mass is 343 g/mol. The molecule has 0 amide bonds. The fourth-order valence-electron chi connectivity index (χ4n) is 2.69. The van der Waals surface area contributed by atoms with Crippen molar-refractivity contribution in [3.05, 3.63) is 34.8 Å². The molecule has 1 aliphatic heterocycles. The molecular formula is C17H18FN5S. The highest BCUT2D eigenvalue weighted by Crippen LogP contribution is 2.29. The van der Waals surface area contributed by atoms with Crippen molar-refractivity contribution < 1.29 is 4.39 Å². The topological polar surface area (TPSA) is 78.3 Å². The third-order valence-electron chi connectivity index (χ3n) is 3.88. The van der Waals surface area contributed by atoms with Gasteiger partial charge in [-0.05, 0) is 12.5 Å². The summed E-state index contributed by atoms with van der Waals surface area (Å²) in [5.74, 6) is 0.503. The third kappa shape index (κ3) is 2.82. The lowest BCUT2D eigenvalue weighted by Gasteiger charge is -2.21. The second kappa shape index (κ2) is 6.02. The number of thioether (sulfide) groups is 1. The summed E-state index contributed by atoms with van der Waals surface area (Å²) in [6.45, 7) is 6.36. The molecule has 0 spiro atoms. The summed E-state index contributed by atoms with van der Waals surface area (Å²) >= 11 is 1.55. The molecule has 1 aliphatic rings. The Kier molecular flexibility index (Phi) is 4.18. The number of rotatable bonds is 1. The number of nitrogens with one attached hydrogen (secondary N) is 1. The Morgan fingerprint density at radius 2 is 2.17 bits per heavy atom. The van der Waals surface area contributed by atoms with Crippen molar-refractivity contribution in [1.82, 2.24) is 14.5 Å². The molecule has 0 atom stereocenters. The summed E-state index contributed by atoms with van der Waals surface area (Å²) < 4.78 is 16.2. The van der Waals surface area contributed by atoms with Gasteiger partial charge in [0.25, 0.3) is 0 Å². The third-order valence-corrected chi connectivity index (χ3v) is 4.94. The van der Waals surface area contributed by atoms with Crippen LogP contribution in [0, 0.1) is 22.6 Å². The van der Waals surface area contributed by atoms with E-state index in [1.807, 2.05) is 26.8 Å².